The topological polar surface area (TPSA) is 24.9 Å². The molecule has 0 fully saturated rings. The molecule has 0 saturated heterocycles. The highest BCUT2D eigenvalue weighted by atomic mass is 35.5. The monoisotopic (exact) mass is 260 g/mol. The van der Waals surface area contributed by atoms with Crippen molar-refractivity contribution < 1.29 is 0 Å². The molecule has 0 aliphatic carbocycles. The van der Waals surface area contributed by atoms with Crippen LogP contribution in [0.15, 0.2) is 48.8 Å². The zero-order chi connectivity index (χ0) is 12.8. The summed E-state index contributed by atoms with van der Waals surface area (Å²) in [4.78, 5) is 4.11. The smallest absolute Gasteiger partial charge is 0.0406 e. The summed E-state index contributed by atoms with van der Waals surface area (Å²) in [6.07, 6.45) is 4.70. The summed E-state index contributed by atoms with van der Waals surface area (Å²) in [6.45, 7) is 3.10. The van der Waals surface area contributed by atoms with Crippen molar-refractivity contribution in [2.24, 2.45) is 0 Å². The van der Waals surface area contributed by atoms with E-state index >= 15 is 0 Å². The number of nitrogens with zero attached hydrogens (tertiary/aromatic N) is 1. The minimum Gasteiger partial charge on any atom is -0.310 e. The van der Waals surface area contributed by atoms with Gasteiger partial charge in [0, 0.05) is 23.5 Å². The second-order valence-electron chi connectivity index (χ2n) is 4.34. The summed E-state index contributed by atoms with van der Waals surface area (Å²) in [5.41, 5.74) is 2.51. The van der Waals surface area contributed by atoms with Gasteiger partial charge in [-0.3, -0.25) is 4.98 Å². The lowest BCUT2D eigenvalue weighted by molar-refractivity contribution is 0.576. The van der Waals surface area contributed by atoms with Crippen molar-refractivity contribution in [2.45, 2.75) is 19.4 Å². The van der Waals surface area contributed by atoms with Gasteiger partial charge in [-0.05, 0) is 49.2 Å². The van der Waals surface area contributed by atoms with Gasteiger partial charge in [0.1, 0.15) is 0 Å². The van der Waals surface area contributed by atoms with Gasteiger partial charge in [0.15, 0.2) is 0 Å². The average molecular weight is 261 g/mol. The Labute approximate surface area is 113 Å². The standard InChI is InChI=1S/C15H17ClN2/c1-12(14-4-6-15(16)7-5-14)18-10-8-13-3-2-9-17-11-13/h2-7,9,11-12,18H,8,10H2,1H3. The van der Waals surface area contributed by atoms with Gasteiger partial charge < -0.3 is 5.32 Å². The van der Waals surface area contributed by atoms with E-state index in [1.807, 2.05) is 24.4 Å². The first kappa shape index (κ1) is 13.1. The van der Waals surface area contributed by atoms with Crippen molar-refractivity contribution in [1.82, 2.24) is 10.3 Å². The third kappa shape index (κ3) is 3.83. The fourth-order valence-corrected chi connectivity index (χ4v) is 1.97. The lowest BCUT2D eigenvalue weighted by Crippen LogP contribution is -2.21. The molecule has 1 heterocycles. The van der Waals surface area contributed by atoms with E-state index in [9.17, 15) is 0 Å². The van der Waals surface area contributed by atoms with E-state index in [1.54, 1.807) is 6.20 Å². The maximum atomic E-state index is 5.87. The van der Waals surface area contributed by atoms with E-state index in [0.717, 1.165) is 18.0 Å². The Balaban J connectivity index is 1.81. The number of aromatic nitrogens is 1. The fourth-order valence-electron chi connectivity index (χ4n) is 1.85. The number of benzene rings is 1. The van der Waals surface area contributed by atoms with Crippen molar-refractivity contribution in [3.05, 3.63) is 64.9 Å². The van der Waals surface area contributed by atoms with Crippen LogP contribution in [-0.4, -0.2) is 11.5 Å². The summed E-state index contributed by atoms with van der Waals surface area (Å²) >= 11 is 5.87. The van der Waals surface area contributed by atoms with Crippen molar-refractivity contribution in [3.8, 4) is 0 Å². The Morgan fingerprint density at radius 3 is 2.67 bits per heavy atom. The minimum absolute atomic E-state index is 0.332. The predicted octanol–water partition coefficient (Wildman–Crippen LogP) is 3.63. The quantitative estimate of drug-likeness (QED) is 0.888. The van der Waals surface area contributed by atoms with Gasteiger partial charge in [0.05, 0.1) is 0 Å². The lowest BCUT2D eigenvalue weighted by Gasteiger charge is -2.14. The molecule has 1 aromatic carbocycles. The number of pyridine rings is 1. The Kier molecular flexibility index (Phi) is 4.73. The normalized spacial score (nSPS) is 12.3. The maximum Gasteiger partial charge on any atom is 0.0406 e. The van der Waals surface area contributed by atoms with E-state index in [2.05, 4.69) is 35.4 Å². The molecule has 0 saturated carbocycles. The first-order valence-corrected chi connectivity index (χ1v) is 6.51. The third-order valence-electron chi connectivity index (χ3n) is 2.96. The molecular weight excluding hydrogens is 244 g/mol. The lowest BCUT2D eigenvalue weighted by atomic mass is 10.1. The minimum atomic E-state index is 0.332. The summed E-state index contributed by atoms with van der Waals surface area (Å²) in [7, 11) is 0. The molecule has 3 heteroatoms. The molecule has 2 rings (SSSR count). The van der Waals surface area contributed by atoms with Crippen molar-refractivity contribution in [2.75, 3.05) is 6.54 Å². The van der Waals surface area contributed by atoms with E-state index in [1.165, 1.54) is 11.1 Å². The SMILES string of the molecule is CC(NCCc1cccnc1)c1ccc(Cl)cc1. The van der Waals surface area contributed by atoms with Crippen LogP contribution in [0.1, 0.15) is 24.1 Å². The molecule has 0 amide bonds. The fraction of sp³-hybridized carbons (Fsp3) is 0.267. The van der Waals surface area contributed by atoms with Crippen LogP contribution in [0.5, 0.6) is 0 Å². The molecule has 94 valence electrons. The van der Waals surface area contributed by atoms with E-state index in [4.69, 9.17) is 11.6 Å². The summed E-state index contributed by atoms with van der Waals surface area (Å²) in [5, 5.41) is 4.27. The molecule has 0 radical (unpaired) electrons. The van der Waals surface area contributed by atoms with Gasteiger partial charge in [-0.25, -0.2) is 0 Å². The number of rotatable bonds is 5. The second-order valence-corrected chi connectivity index (χ2v) is 4.78. The molecule has 0 spiro atoms. The van der Waals surface area contributed by atoms with Gasteiger partial charge in [-0.15, -0.1) is 0 Å². The predicted molar refractivity (Wildman–Crippen MR) is 75.8 cm³/mol. The Hall–Kier alpha value is -1.38. The molecule has 18 heavy (non-hydrogen) atoms. The van der Waals surface area contributed by atoms with Crippen LogP contribution >= 0.6 is 11.6 Å². The van der Waals surface area contributed by atoms with Crippen LogP contribution in [-0.2, 0) is 6.42 Å². The van der Waals surface area contributed by atoms with Crippen molar-refractivity contribution >= 4 is 11.6 Å². The molecule has 1 atom stereocenters. The third-order valence-corrected chi connectivity index (χ3v) is 3.21. The zero-order valence-corrected chi connectivity index (χ0v) is 11.2. The highest BCUT2D eigenvalue weighted by Crippen LogP contribution is 2.15. The second kappa shape index (κ2) is 6.53. The molecule has 0 aliphatic heterocycles. The Bertz CT molecular complexity index is 468. The molecule has 1 N–H and O–H groups in total. The molecule has 1 aromatic heterocycles. The molecular formula is C15H17ClN2. The molecule has 2 nitrogen and oxygen atoms in total. The molecule has 2 aromatic rings. The van der Waals surface area contributed by atoms with Gasteiger partial charge >= 0.3 is 0 Å². The number of halogens is 1. The van der Waals surface area contributed by atoms with Crippen LogP contribution in [0.25, 0.3) is 0 Å². The maximum absolute atomic E-state index is 5.87. The van der Waals surface area contributed by atoms with Crippen molar-refractivity contribution in [1.29, 1.82) is 0 Å². The highest BCUT2D eigenvalue weighted by Gasteiger charge is 2.03. The first-order valence-electron chi connectivity index (χ1n) is 6.13. The number of nitrogens with one attached hydrogen (secondary N) is 1. The van der Waals surface area contributed by atoms with E-state index in [-0.39, 0.29) is 0 Å². The van der Waals surface area contributed by atoms with Gasteiger partial charge in [0.25, 0.3) is 0 Å². The van der Waals surface area contributed by atoms with E-state index in [0.29, 0.717) is 6.04 Å². The summed E-state index contributed by atoms with van der Waals surface area (Å²) < 4.78 is 0. The first-order chi connectivity index (χ1) is 8.75. The summed E-state index contributed by atoms with van der Waals surface area (Å²) in [6, 6.07) is 12.4. The number of hydrogen-bond acceptors (Lipinski definition) is 2. The number of hydrogen-bond donors (Lipinski definition) is 1. The van der Waals surface area contributed by atoms with Crippen LogP contribution in [0.3, 0.4) is 0 Å². The summed E-state index contributed by atoms with van der Waals surface area (Å²) in [5.74, 6) is 0. The van der Waals surface area contributed by atoms with Gasteiger partial charge in [-0.2, -0.15) is 0 Å². The molecule has 1 unspecified atom stereocenters. The van der Waals surface area contributed by atoms with Crippen LogP contribution < -0.4 is 5.32 Å². The molecule has 0 bridgehead atoms. The van der Waals surface area contributed by atoms with Gasteiger partial charge in [-0.1, -0.05) is 29.8 Å². The van der Waals surface area contributed by atoms with Crippen LogP contribution in [0, 0.1) is 0 Å². The Morgan fingerprint density at radius 2 is 2.00 bits per heavy atom. The van der Waals surface area contributed by atoms with E-state index < -0.39 is 0 Å². The van der Waals surface area contributed by atoms with Crippen molar-refractivity contribution in [3.63, 3.8) is 0 Å². The van der Waals surface area contributed by atoms with Gasteiger partial charge in [0.2, 0.25) is 0 Å². The zero-order valence-electron chi connectivity index (χ0n) is 10.4. The molecule has 0 aliphatic rings. The average Bonchev–Trinajstić information content (AvgIpc) is 2.40. The largest absolute Gasteiger partial charge is 0.310 e. The Morgan fingerprint density at radius 1 is 1.22 bits per heavy atom. The highest BCUT2D eigenvalue weighted by molar-refractivity contribution is 6.30. The van der Waals surface area contributed by atoms with Crippen LogP contribution in [0.2, 0.25) is 5.02 Å². The van der Waals surface area contributed by atoms with Crippen LogP contribution in [0.4, 0.5) is 0 Å².